The van der Waals surface area contributed by atoms with Gasteiger partial charge in [0, 0.05) is 37.1 Å². The Labute approximate surface area is 148 Å². The smallest absolute Gasteiger partial charge is 0.289 e. The van der Waals surface area contributed by atoms with Gasteiger partial charge in [0.25, 0.3) is 5.91 Å². The summed E-state index contributed by atoms with van der Waals surface area (Å²) in [5.41, 5.74) is 3.69. The molecule has 2 heterocycles. The number of hydrogen-bond acceptors (Lipinski definition) is 4. The second-order valence-electron chi connectivity index (χ2n) is 6.55. The van der Waals surface area contributed by atoms with Gasteiger partial charge in [-0.15, -0.1) is 0 Å². The normalized spacial score (nSPS) is 16.6. The molecule has 0 spiro atoms. The quantitative estimate of drug-likeness (QED) is 0.839. The number of benzene rings is 1. The summed E-state index contributed by atoms with van der Waals surface area (Å²) in [7, 11) is -3.20. The van der Waals surface area contributed by atoms with Crippen molar-refractivity contribution in [3.63, 3.8) is 0 Å². The fourth-order valence-corrected chi connectivity index (χ4v) is 4.46. The van der Waals surface area contributed by atoms with Gasteiger partial charge in [-0.25, -0.2) is 8.42 Å². The molecule has 25 heavy (non-hydrogen) atoms. The van der Waals surface area contributed by atoms with Crippen molar-refractivity contribution in [2.75, 3.05) is 31.9 Å². The number of fused-ring (bicyclic) bond motifs is 1. The average Bonchev–Trinajstić information content (AvgIpc) is 2.96. The van der Waals surface area contributed by atoms with E-state index in [1.807, 2.05) is 32.9 Å². The number of carbonyl (C=O) groups excluding carboxylic acids is 1. The molecule has 3 rings (SSSR count). The van der Waals surface area contributed by atoms with Crippen LogP contribution < -0.4 is 0 Å². The molecule has 1 saturated heterocycles. The van der Waals surface area contributed by atoms with Crippen molar-refractivity contribution in [2.45, 2.75) is 27.7 Å². The van der Waals surface area contributed by atoms with Crippen LogP contribution in [0, 0.1) is 20.8 Å². The van der Waals surface area contributed by atoms with Crippen LogP contribution in [0.2, 0.25) is 0 Å². The zero-order valence-corrected chi connectivity index (χ0v) is 15.9. The SMILES string of the molecule is CCS(=O)(=O)N1CCN(C(=O)c2oc3c(C)ccc(C)c3c2C)CC1. The van der Waals surface area contributed by atoms with Gasteiger partial charge in [0.05, 0.1) is 5.75 Å². The summed E-state index contributed by atoms with van der Waals surface area (Å²) in [5, 5.41) is 0.996. The van der Waals surface area contributed by atoms with Gasteiger partial charge in [-0.05, 0) is 38.8 Å². The Morgan fingerprint density at radius 2 is 1.68 bits per heavy atom. The molecule has 0 aliphatic carbocycles. The van der Waals surface area contributed by atoms with Crippen molar-refractivity contribution in [1.29, 1.82) is 0 Å². The van der Waals surface area contributed by atoms with Crippen molar-refractivity contribution < 1.29 is 17.6 Å². The Balaban J connectivity index is 1.86. The number of carbonyl (C=O) groups is 1. The molecule has 1 fully saturated rings. The topological polar surface area (TPSA) is 70.8 Å². The van der Waals surface area contributed by atoms with Gasteiger partial charge in [0.2, 0.25) is 10.0 Å². The van der Waals surface area contributed by atoms with Crippen LogP contribution >= 0.6 is 0 Å². The maximum atomic E-state index is 12.9. The third kappa shape index (κ3) is 3.06. The highest BCUT2D eigenvalue weighted by Crippen LogP contribution is 2.31. The second kappa shape index (κ2) is 6.46. The molecule has 1 aliphatic rings. The lowest BCUT2D eigenvalue weighted by Crippen LogP contribution is -2.50. The molecule has 6 nitrogen and oxygen atoms in total. The predicted molar refractivity (Wildman–Crippen MR) is 97.4 cm³/mol. The van der Waals surface area contributed by atoms with E-state index in [0.29, 0.717) is 31.9 Å². The summed E-state index contributed by atoms with van der Waals surface area (Å²) in [6.45, 7) is 8.94. The van der Waals surface area contributed by atoms with E-state index in [2.05, 4.69) is 0 Å². The fourth-order valence-electron chi connectivity index (χ4n) is 3.37. The zero-order chi connectivity index (χ0) is 18.4. The van der Waals surface area contributed by atoms with Gasteiger partial charge in [-0.3, -0.25) is 4.79 Å². The first-order valence-electron chi connectivity index (χ1n) is 8.52. The van der Waals surface area contributed by atoms with E-state index in [-0.39, 0.29) is 11.7 Å². The van der Waals surface area contributed by atoms with Crippen molar-refractivity contribution in [3.8, 4) is 0 Å². The van der Waals surface area contributed by atoms with Crippen LogP contribution in [0.4, 0.5) is 0 Å². The molecule has 0 unspecified atom stereocenters. The van der Waals surface area contributed by atoms with E-state index in [0.717, 1.165) is 27.7 Å². The van der Waals surface area contributed by atoms with Crippen LogP contribution in [0.5, 0.6) is 0 Å². The number of nitrogens with zero attached hydrogens (tertiary/aromatic N) is 2. The lowest BCUT2D eigenvalue weighted by atomic mass is 10.0. The summed E-state index contributed by atoms with van der Waals surface area (Å²) < 4.78 is 31.3. The van der Waals surface area contributed by atoms with E-state index < -0.39 is 10.0 Å². The van der Waals surface area contributed by atoms with E-state index >= 15 is 0 Å². The average molecular weight is 364 g/mol. The molecule has 0 N–H and O–H groups in total. The summed E-state index contributed by atoms with van der Waals surface area (Å²) in [6, 6.07) is 4.02. The Hall–Kier alpha value is -1.86. The number of aryl methyl sites for hydroxylation is 3. The maximum Gasteiger partial charge on any atom is 0.289 e. The number of piperazine rings is 1. The predicted octanol–water partition coefficient (Wildman–Crippen LogP) is 2.47. The number of rotatable bonds is 3. The highest BCUT2D eigenvalue weighted by atomic mass is 32.2. The Morgan fingerprint density at radius 3 is 2.24 bits per heavy atom. The Morgan fingerprint density at radius 1 is 1.08 bits per heavy atom. The van der Waals surface area contributed by atoms with Crippen LogP contribution in [0.25, 0.3) is 11.0 Å². The fraction of sp³-hybridized carbons (Fsp3) is 0.500. The molecule has 0 atom stereocenters. The van der Waals surface area contributed by atoms with E-state index in [4.69, 9.17) is 4.42 Å². The minimum absolute atomic E-state index is 0.0855. The monoisotopic (exact) mass is 364 g/mol. The minimum atomic E-state index is -3.20. The van der Waals surface area contributed by atoms with Gasteiger partial charge >= 0.3 is 0 Å². The third-order valence-corrected chi connectivity index (χ3v) is 6.84. The first kappa shape index (κ1) is 17.9. The largest absolute Gasteiger partial charge is 0.450 e. The summed E-state index contributed by atoms with van der Waals surface area (Å²) in [6.07, 6.45) is 0. The molecule has 0 saturated carbocycles. The number of furan rings is 1. The van der Waals surface area contributed by atoms with Gasteiger partial charge < -0.3 is 9.32 Å². The van der Waals surface area contributed by atoms with E-state index in [9.17, 15) is 13.2 Å². The van der Waals surface area contributed by atoms with Crippen molar-refractivity contribution in [3.05, 3.63) is 34.6 Å². The first-order chi connectivity index (χ1) is 11.8. The molecule has 0 radical (unpaired) electrons. The molecule has 136 valence electrons. The van der Waals surface area contributed by atoms with Gasteiger partial charge in [-0.2, -0.15) is 4.31 Å². The Kier molecular flexibility index (Phi) is 4.64. The molecule has 1 amide bonds. The first-order valence-corrected chi connectivity index (χ1v) is 10.1. The minimum Gasteiger partial charge on any atom is -0.450 e. The van der Waals surface area contributed by atoms with Crippen molar-refractivity contribution in [2.24, 2.45) is 0 Å². The third-order valence-electron chi connectivity index (χ3n) is 4.96. The lowest BCUT2D eigenvalue weighted by molar-refractivity contribution is 0.0667. The number of sulfonamides is 1. The van der Waals surface area contributed by atoms with E-state index in [1.165, 1.54) is 4.31 Å². The van der Waals surface area contributed by atoms with Crippen molar-refractivity contribution in [1.82, 2.24) is 9.21 Å². The van der Waals surface area contributed by atoms with Gasteiger partial charge in [0.15, 0.2) is 5.76 Å². The maximum absolute atomic E-state index is 12.9. The summed E-state index contributed by atoms with van der Waals surface area (Å²) in [4.78, 5) is 14.6. The van der Waals surface area contributed by atoms with Crippen LogP contribution in [0.3, 0.4) is 0 Å². The van der Waals surface area contributed by atoms with Crippen LogP contribution in [-0.2, 0) is 10.0 Å². The van der Waals surface area contributed by atoms with Crippen molar-refractivity contribution >= 4 is 26.9 Å². The van der Waals surface area contributed by atoms with Crippen LogP contribution in [-0.4, -0.2) is 55.5 Å². The zero-order valence-electron chi connectivity index (χ0n) is 15.1. The Bertz CT molecular complexity index is 922. The lowest BCUT2D eigenvalue weighted by Gasteiger charge is -2.33. The number of hydrogen-bond donors (Lipinski definition) is 0. The second-order valence-corrected chi connectivity index (χ2v) is 8.81. The molecule has 2 aromatic rings. The highest BCUT2D eigenvalue weighted by Gasteiger charge is 2.30. The highest BCUT2D eigenvalue weighted by molar-refractivity contribution is 7.89. The molecule has 0 bridgehead atoms. The standard InChI is InChI=1S/C18H24N2O4S/c1-5-25(22,23)20-10-8-19(9-11-20)18(21)17-14(4)15-12(2)6-7-13(3)16(15)24-17/h6-7H,5,8-11H2,1-4H3. The molecule has 1 aromatic carbocycles. The molecule has 1 aliphatic heterocycles. The molecule has 7 heteroatoms. The van der Waals surface area contributed by atoms with Gasteiger partial charge in [0.1, 0.15) is 5.58 Å². The molecular formula is C18H24N2O4S. The summed E-state index contributed by atoms with van der Waals surface area (Å²) in [5.74, 6) is 0.280. The molecular weight excluding hydrogens is 340 g/mol. The van der Waals surface area contributed by atoms with Crippen LogP contribution in [0.1, 0.15) is 34.2 Å². The van der Waals surface area contributed by atoms with E-state index in [1.54, 1.807) is 11.8 Å². The van der Waals surface area contributed by atoms with Crippen LogP contribution in [0.15, 0.2) is 16.5 Å². The van der Waals surface area contributed by atoms with Gasteiger partial charge in [-0.1, -0.05) is 12.1 Å². The summed E-state index contributed by atoms with van der Waals surface area (Å²) >= 11 is 0. The molecule has 1 aromatic heterocycles. The number of amides is 1.